The number of aryl methyl sites for hydroxylation is 2. The Morgan fingerprint density at radius 3 is 3.09 bits per heavy atom. The van der Waals surface area contributed by atoms with Gasteiger partial charge in [-0.25, -0.2) is 9.07 Å². The summed E-state index contributed by atoms with van der Waals surface area (Å²) in [4.78, 5) is 14.7. The van der Waals surface area contributed by atoms with Crippen LogP contribution in [-0.2, 0) is 13.0 Å². The van der Waals surface area contributed by atoms with Crippen molar-refractivity contribution < 1.29 is 13.9 Å². The molecular formula is C17H18FN3O2. The minimum Gasteiger partial charge on any atom is -0.478 e. The number of rotatable bonds is 1. The first-order valence-electron chi connectivity index (χ1n) is 7.96. The van der Waals surface area contributed by atoms with Gasteiger partial charge in [0.25, 0.3) is 5.91 Å². The molecule has 5 nitrogen and oxygen atoms in total. The summed E-state index contributed by atoms with van der Waals surface area (Å²) in [5, 5.41) is 4.38. The van der Waals surface area contributed by atoms with Crippen molar-refractivity contribution in [3.05, 3.63) is 41.3 Å². The zero-order valence-electron chi connectivity index (χ0n) is 13.0. The van der Waals surface area contributed by atoms with E-state index in [0.717, 1.165) is 37.1 Å². The highest BCUT2D eigenvalue weighted by Crippen LogP contribution is 2.33. The number of aromatic nitrogens is 2. The second kappa shape index (κ2) is 5.37. The van der Waals surface area contributed by atoms with E-state index in [2.05, 4.69) is 5.10 Å². The Labute approximate surface area is 133 Å². The minimum atomic E-state index is -0.267. The second-order valence-corrected chi connectivity index (χ2v) is 6.13. The molecule has 4 rings (SSSR count). The van der Waals surface area contributed by atoms with Gasteiger partial charge in [0.05, 0.1) is 6.61 Å². The maximum Gasteiger partial charge on any atom is 0.279 e. The van der Waals surface area contributed by atoms with Gasteiger partial charge in [0.1, 0.15) is 5.82 Å². The van der Waals surface area contributed by atoms with Crippen LogP contribution in [0.15, 0.2) is 24.3 Å². The third-order valence-electron chi connectivity index (χ3n) is 4.52. The van der Waals surface area contributed by atoms with Crippen LogP contribution in [-0.4, -0.2) is 28.3 Å². The van der Waals surface area contributed by atoms with E-state index in [1.54, 1.807) is 21.7 Å². The van der Waals surface area contributed by atoms with Crippen molar-refractivity contribution in [1.29, 1.82) is 0 Å². The fourth-order valence-electron chi connectivity index (χ4n) is 3.32. The summed E-state index contributed by atoms with van der Waals surface area (Å²) >= 11 is 0. The second-order valence-electron chi connectivity index (χ2n) is 6.13. The number of carbonyl (C=O) groups is 1. The molecule has 3 heterocycles. The first-order valence-corrected chi connectivity index (χ1v) is 7.96. The Balaban J connectivity index is 1.72. The number of hydrogen-bond acceptors (Lipinski definition) is 3. The lowest BCUT2D eigenvalue weighted by Gasteiger charge is -2.34. The number of hydrogen-bond donors (Lipinski definition) is 0. The molecule has 120 valence electrons. The Kier molecular flexibility index (Phi) is 3.32. The summed E-state index contributed by atoms with van der Waals surface area (Å²) in [6.45, 7) is 3.43. The molecule has 1 amide bonds. The molecule has 0 bridgehead atoms. The van der Waals surface area contributed by atoms with Crippen molar-refractivity contribution in [2.24, 2.45) is 0 Å². The van der Waals surface area contributed by atoms with E-state index in [-0.39, 0.29) is 17.8 Å². The summed E-state index contributed by atoms with van der Waals surface area (Å²) < 4.78 is 20.7. The van der Waals surface area contributed by atoms with Crippen LogP contribution in [0.5, 0.6) is 5.88 Å². The summed E-state index contributed by atoms with van der Waals surface area (Å²) in [6.07, 6.45) is 2.48. The van der Waals surface area contributed by atoms with Crippen molar-refractivity contribution in [2.75, 3.05) is 11.5 Å². The predicted octanol–water partition coefficient (Wildman–Crippen LogP) is 2.79. The lowest BCUT2D eigenvalue weighted by atomic mass is 9.96. The fourth-order valence-corrected chi connectivity index (χ4v) is 3.32. The average molecular weight is 315 g/mol. The van der Waals surface area contributed by atoms with E-state index < -0.39 is 0 Å². The quantitative estimate of drug-likeness (QED) is 0.813. The van der Waals surface area contributed by atoms with Crippen LogP contribution in [0.2, 0.25) is 0 Å². The van der Waals surface area contributed by atoms with Gasteiger partial charge in [-0.15, -0.1) is 0 Å². The van der Waals surface area contributed by atoms with E-state index in [4.69, 9.17) is 4.74 Å². The van der Waals surface area contributed by atoms with Gasteiger partial charge in [0.2, 0.25) is 5.88 Å². The topological polar surface area (TPSA) is 47.4 Å². The van der Waals surface area contributed by atoms with Crippen molar-refractivity contribution in [1.82, 2.24) is 9.78 Å². The third-order valence-corrected chi connectivity index (χ3v) is 4.52. The maximum atomic E-state index is 13.5. The van der Waals surface area contributed by atoms with Crippen LogP contribution >= 0.6 is 0 Å². The highest BCUT2D eigenvalue weighted by atomic mass is 19.1. The van der Waals surface area contributed by atoms with Crippen LogP contribution in [0.4, 0.5) is 10.1 Å². The molecule has 0 fully saturated rings. The van der Waals surface area contributed by atoms with Gasteiger partial charge in [-0.05, 0) is 43.5 Å². The molecule has 1 aromatic carbocycles. The van der Waals surface area contributed by atoms with Gasteiger partial charge in [-0.2, -0.15) is 5.10 Å². The first kappa shape index (κ1) is 14.2. The average Bonchev–Trinajstić information content (AvgIpc) is 2.98. The molecule has 2 aliphatic rings. The number of ether oxygens (including phenoxy) is 1. The van der Waals surface area contributed by atoms with E-state index in [0.29, 0.717) is 18.2 Å². The van der Waals surface area contributed by atoms with Crippen molar-refractivity contribution in [3.63, 3.8) is 0 Å². The number of fused-ring (bicyclic) bond motifs is 2. The fraction of sp³-hybridized carbons (Fsp3) is 0.412. The minimum absolute atomic E-state index is 0.0557. The van der Waals surface area contributed by atoms with Crippen LogP contribution < -0.4 is 9.64 Å². The number of benzene rings is 1. The Morgan fingerprint density at radius 2 is 2.26 bits per heavy atom. The lowest BCUT2D eigenvalue weighted by Crippen LogP contribution is -2.42. The SMILES string of the molecule is CC1CCc2cc(F)ccc2N1C(=O)c1cc2n(n1)CCCO2. The standard InChI is InChI=1S/C17H18FN3O2/c1-11-3-4-12-9-13(18)5-6-15(12)21(11)17(22)14-10-16-20(19-14)7-2-8-23-16/h5-6,9-11H,2-4,7-8H2,1H3. The van der Waals surface area contributed by atoms with Gasteiger partial charge in [-0.3, -0.25) is 4.79 Å². The summed E-state index contributed by atoms with van der Waals surface area (Å²) in [6, 6.07) is 6.36. The van der Waals surface area contributed by atoms with E-state index in [9.17, 15) is 9.18 Å². The molecule has 23 heavy (non-hydrogen) atoms. The third kappa shape index (κ3) is 2.38. The van der Waals surface area contributed by atoms with E-state index in [1.165, 1.54) is 12.1 Å². The number of amides is 1. The lowest BCUT2D eigenvalue weighted by molar-refractivity contribution is 0.0969. The van der Waals surface area contributed by atoms with Gasteiger partial charge in [0.15, 0.2) is 5.69 Å². The zero-order chi connectivity index (χ0) is 16.0. The molecule has 0 saturated carbocycles. The highest BCUT2D eigenvalue weighted by molar-refractivity contribution is 6.06. The van der Waals surface area contributed by atoms with Crippen LogP contribution in [0.3, 0.4) is 0 Å². The van der Waals surface area contributed by atoms with Crippen LogP contribution in [0.1, 0.15) is 35.8 Å². The summed E-state index contributed by atoms with van der Waals surface area (Å²) in [7, 11) is 0. The molecule has 2 aliphatic heterocycles. The molecule has 2 aromatic rings. The Bertz CT molecular complexity index is 748. The molecule has 6 heteroatoms. The Morgan fingerprint density at radius 1 is 1.39 bits per heavy atom. The molecule has 1 atom stereocenters. The summed E-state index contributed by atoms with van der Waals surface area (Å²) in [5.41, 5.74) is 2.03. The Hall–Kier alpha value is -2.37. The van der Waals surface area contributed by atoms with Crippen LogP contribution in [0, 0.1) is 5.82 Å². The normalized spacial score (nSPS) is 19.7. The summed E-state index contributed by atoms with van der Waals surface area (Å²) in [5.74, 6) is 0.218. The molecule has 0 aliphatic carbocycles. The number of anilines is 1. The van der Waals surface area contributed by atoms with E-state index in [1.807, 2.05) is 6.92 Å². The highest BCUT2D eigenvalue weighted by Gasteiger charge is 2.31. The van der Waals surface area contributed by atoms with Crippen molar-refractivity contribution in [2.45, 2.75) is 38.8 Å². The zero-order valence-corrected chi connectivity index (χ0v) is 13.0. The van der Waals surface area contributed by atoms with Gasteiger partial charge >= 0.3 is 0 Å². The monoisotopic (exact) mass is 315 g/mol. The van der Waals surface area contributed by atoms with Gasteiger partial charge in [-0.1, -0.05) is 0 Å². The number of halogens is 1. The number of nitrogens with zero attached hydrogens (tertiary/aromatic N) is 3. The van der Waals surface area contributed by atoms with Gasteiger partial charge in [0, 0.05) is 30.8 Å². The molecule has 1 aromatic heterocycles. The molecular weight excluding hydrogens is 297 g/mol. The molecule has 0 spiro atoms. The molecule has 0 saturated heterocycles. The first-order chi connectivity index (χ1) is 11.1. The molecule has 0 radical (unpaired) electrons. The van der Waals surface area contributed by atoms with Crippen molar-refractivity contribution in [3.8, 4) is 5.88 Å². The van der Waals surface area contributed by atoms with E-state index >= 15 is 0 Å². The van der Waals surface area contributed by atoms with Gasteiger partial charge < -0.3 is 9.64 Å². The largest absolute Gasteiger partial charge is 0.478 e. The smallest absolute Gasteiger partial charge is 0.279 e. The van der Waals surface area contributed by atoms with Crippen LogP contribution in [0.25, 0.3) is 0 Å². The molecule has 1 unspecified atom stereocenters. The predicted molar refractivity (Wildman–Crippen MR) is 83.3 cm³/mol. The molecule has 0 N–H and O–H groups in total. The van der Waals surface area contributed by atoms with Crippen molar-refractivity contribution >= 4 is 11.6 Å². The number of carbonyl (C=O) groups excluding carboxylic acids is 1. The maximum absolute atomic E-state index is 13.5.